The van der Waals surface area contributed by atoms with E-state index < -0.39 is 0 Å². The topological polar surface area (TPSA) is 40.6 Å². The van der Waals surface area contributed by atoms with Gasteiger partial charge >= 0.3 is 0 Å². The minimum atomic E-state index is 0.0228. The molecule has 0 spiro atoms. The number of hydrogen-bond donors (Lipinski definition) is 0. The molecule has 0 bridgehead atoms. The van der Waals surface area contributed by atoms with Gasteiger partial charge in [0.2, 0.25) is 5.91 Å². The molecule has 0 aromatic rings. The molecule has 1 amide bonds. The van der Waals surface area contributed by atoms with Crippen LogP contribution in [0.25, 0.3) is 0 Å². The Bertz CT molecular complexity index is 251. The predicted octanol–water partition coefficient (Wildman–Crippen LogP) is 0.679. The first kappa shape index (κ1) is 11.2. The van der Waals surface area contributed by atoms with Crippen LogP contribution < -0.4 is 0 Å². The Labute approximate surface area is 84.8 Å². The fraction of sp³-hybridized carbons (Fsp3) is 0.800. The number of nitrogens with zero attached hydrogens (tertiary/aromatic N) is 2. The van der Waals surface area contributed by atoms with Crippen molar-refractivity contribution in [2.75, 3.05) is 13.6 Å². The quantitative estimate of drug-likeness (QED) is 0.669. The average Bonchev–Trinajstić information content (AvgIpc) is 2.31. The molecule has 4 heteroatoms. The Hall–Kier alpha value is -0.900. The van der Waals surface area contributed by atoms with Crippen molar-refractivity contribution >= 4 is 11.7 Å². The summed E-state index contributed by atoms with van der Waals surface area (Å²) in [6.45, 7) is 5.89. The van der Waals surface area contributed by atoms with Crippen LogP contribution in [0, 0.1) is 5.92 Å². The summed E-state index contributed by atoms with van der Waals surface area (Å²) in [5.74, 6) is 0.511. The zero-order chi connectivity index (χ0) is 10.9. The molecule has 1 aliphatic rings. The molecule has 0 aromatic carbocycles. The Morgan fingerprint density at radius 2 is 2.14 bits per heavy atom. The Morgan fingerprint density at radius 1 is 1.57 bits per heavy atom. The lowest BCUT2D eigenvalue weighted by atomic mass is 10.0. The van der Waals surface area contributed by atoms with E-state index in [0.29, 0.717) is 12.3 Å². The van der Waals surface area contributed by atoms with Gasteiger partial charge in [-0.2, -0.15) is 0 Å². The van der Waals surface area contributed by atoms with Crippen molar-refractivity contribution < 1.29 is 9.59 Å². The third kappa shape index (κ3) is 2.12. The van der Waals surface area contributed by atoms with Crippen molar-refractivity contribution in [3.63, 3.8) is 0 Å². The first-order valence-electron chi connectivity index (χ1n) is 4.96. The molecule has 1 heterocycles. The number of rotatable bonds is 3. The van der Waals surface area contributed by atoms with E-state index in [1.165, 1.54) is 6.92 Å². The van der Waals surface area contributed by atoms with Crippen molar-refractivity contribution in [2.24, 2.45) is 5.92 Å². The number of carbonyl (C=O) groups excluding carboxylic acids is 2. The average molecular weight is 198 g/mol. The number of carbonyl (C=O) groups is 2. The molecule has 1 saturated heterocycles. The monoisotopic (exact) mass is 198 g/mol. The molecule has 0 saturated carbocycles. The van der Waals surface area contributed by atoms with Crippen molar-refractivity contribution in [3.05, 3.63) is 0 Å². The van der Waals surface area contributed by atoms with Gasteiger partial charge in [-0.3, -0.25) is 14.6 Å². The summed E-state index contributed by atoms with van der Waals surface area (Å²) in [6, 6.07) is 0.238. The van der Waals surface area contributed by atoms with Gasteiger partial charge in [-0.25, -0.2) is 5.01 Å². The van der Waals surface area contributed by atoms with Gasteiger partial charge < -0.3 is 0 Å². The van der Waals surface area contributed by atoms with E-state index in [4.69, 9.17) is 0 Å². The van der Waals surface area contributed by atoms with Gasteiger partial charge in [0.05, 0.1) is 6.54 Å². The molecule has 1 rings (SSSR count). The van der Waals surface area contributed by atoms with Crippen LogP contribution in [0.5, 0.6) is 0 Å². The number of hydrogen-bond acceptors (Lipinski definition) is 3. The molecule has 4 nitrogen and oxygen atoms in total. The number of hydrazine groups is 1. The summed E-state index contributed by atoms with van der Waals surface area (Å²) in [5.41, 5.74) is 0. The molecule has 0 aliphatic carbocycles. The predicted molar refractivity (Wildman–Crippen MR) is 53.4 cm³/mol. The first-order chi connectivity index (χ1) is 6.43. The lowest BCUT2D eigenvalue weighted by Gasteiger charge is -2.29. The molecule has 0 N–H and O–H groups in total. The number of Topliss-reactive ketones (excluding diaryl/α,β-unsaturated/α-hetero) is 1. The molecule has 1 aliphatic heterocycles. The van der Waals surface area contributed by atoms with Gasteiger partial charge in [0.25, 0.3) is 0 Å². The van der Waals surface area contributed by atoms with Crippen LogP contribution in [-0.4, -0.2) is 41.3 Å². The van der Waals surface area contributed by atoms with Gasteiger partial charge in [-0.05, 0) is 12.8 Å². The molecule has 1 atom stereocenters. The maximum absolute atomic E-state index is 11.6. The summed E-state index contributed by atoms with van der Waals surface area (Å²) in [7, 11) is 1.87. The van der Waals surface area contributed by atoms with E-state index in [1.54, 1.807) is 5.01 Å². The lowest BCUT2D eigenvalue weighted by Crippen LogP contribution is -2.43. The molecule has 1 fully saturated rings. The van der Waals surface area contributed by atoms with Crippen molar-refractivity contribution in [1.29, 1.82) is 0 Å². The van der Waals surface area contributed by atoms with Gasteiger partial charge in [0, 0.05) is 19.5 Å². The highest BCUT2D eigenvalue weighted by atomic mass is 16.2. The maximum Gasteiger partial charge on any atom is 0.238 e. The van der Waals surface area contributed by atoms with Gasteiger partial charge in [0.1, 0.15) is 0 Å². The van der Waals surface area contributed by atoms with Crippen LogP contribution in [0.4, 0.5) is 0 Å². The van der Waals surface area contributed by atoms with Crippen LogP contribution in [0.2, 0.25) is 0 Å². The Balaban J connectivity index is 2.70. The summed E-state index contributed by atoms with van der Waals surface area (Å²) in [4.78, 5) is 22.5. The Kier molecular flexibility index (Phi) is 3.26. The largest absolute Gasteiger partial charge is 0.298 e. The second-order valence-electron chi connectivity index (χ2n) is 4.24. The minimum Gasteiger partial charge on any atom is -0.298 e. The van der Waals surface area contributed by atoms with Crippen LogP contribution in [-0.2, 0) is 9.59 Å². The highest BCUT2D eigenvalue weighted by molar-refractivity contribution is 5.85. The molecule has 14 heavy (non-hydrogen) atoms. The van der Waals surface area contributed by atoms with Crippen molar-refractivity contribution in [3.8, 4) is 0 Å². The van der Waals surface area contributed by atoms with Crippen molar-refractivity contribution in [2.45, 2.75) is 33.2 Å². The first-order valence-corrected chi connectivity index (χ1v) is 4.96. The van der Waals surface area contributed by atoms with E-state index in [0.717, 1.165) is 0 Å². The Morgan fingerprint density at radius 3 is 2.50 bits per heavy atom. The molecule has 0 aromatic heterocycles. The third-order valence-corrected chi connectivity index (χ3v) is 2.67. The summed E-state index contributed by atoms with van der Waals surface area (Å²) in [6.07, 6.45) is 0.529. The summed E-state index contributed by atoms with van der Waals surface area (Å²) < 4.78 is 0. The lowest BCUT2D eigenvalue weighted by molar-refractivity contribution is -0.142. The molecular formula is C10H18N2O2. The smallest absolute Gasteiger partial charge is 0.238 e. The van der Waals surface area contributed by atoms with Gasteiger partial charge in [-0.1, -0.05) is 13.8 Å². The number of ketones is 1. The number of amides is 1. The highest BCUT2D eigenvalue weighted by Crippen LogP contribution is 2.23. The zero-order valence-electron chi connectivity index (χ0n) is 9.28. The van der Waals surface area contributed by atoms with Crippen molar-refractivity contribution in [1.82, 2.24) is 10.0 Å². The second kappa shape index (κ2) is 4.09. The van der Waals surface area contributed by atoms with E-state index in [2.05, 4.69) is 13.8 Å². The summed E-state index contributed by atoms with van der Waals surface area (Å²) in [5, 5.41) is 3.45. The molecule has 0 radical (unpaired) electrons. The minimum absolute atomic E-state index is 0.0228. The molecule has 80 valence electrons. The standard InChI is InChI=1S/C10H18N2O2/c1-7(2)9-5-10(14)12(11(9)4)6-8(3)13/h7,9H,5-6H2,1-4H3. The fourth-order valence-electron chi connectivity index (χ4n) is 1.85. The molecular weight excluding hydrogens is 180 g/mol. The second-order valence-corrected chi connectivity index (χ2v) is 4.24. The van der Waals surface area contributed by atoms with Crippen LogP contribution >= 0.6 is 0 Å². The summed E-state index contributed by atoms with van der Waals surface area (Å²) >= 11 is 0. The van der Waals surface area contributed by atoms with Crippen LogP contribution in [0.1, 0.15) is 27.2 Å². The third-order valence-electron chi connectivity index (χ3n) is 2.67. The molecule has 1 unspecified atom stereocenters. The van der Waals surface area contributed by atoms with Gasteiger partial charge in [-0.15, -0.1) is 0 Å². The van der Waals surface area contributed by atoms with E-state index >= 15 is 0 Å². The normalized spacial score (nSPS) is 23.6. The van der Waals surface area contributed by atoms with E-state index in [9.17, 15) is 9.59 Å². The zero-order valence-corrected chi connectivity index (χ0v) is 9.28. The maximum atomic E-state index is 11.6. The SMILES string of the molecule is CC(=O)CN1C(=O)CC(C(C)C)N1C. The highest BCUT2D eigenvalue weighted by Gasteiger charge is 2.36. The fourth-order valence-corrected chi connectivity index (χ4v) is 1.85. The van der Waals surface area contributed by atoms with E-state index in [-0.39, 0.29) is 24.3 Å². The van der Waals surface area contributed by atoms with Gasteiger partial charge in [0.15, 0.2) is 5.78 Å². The van der Waals surface area contributed by atoms with Crippen LogP contribution in [0.3, 0.4) is 0 Å². The van der Waals surface area contributed by atoms with Crippen LogP contribution in [0.15, 0.2) is 0 Å². The van der Waals surface area contributed by atoms with E-state index in [1.807, 2.05) is 12.1 Å².